The molecule has 0 aliphatic carbocycles. The number of hydrogen-bond acceptors (Lipinski definition) is 2. The Labute approximate surface area is 76.6 Å². The number of carbonyl (C=O) groups is 1. The zero-order chi connectivity index (χ0) is 9.84. The van der Waals surface area contributed by atoms with Gasteiger partial charge in [-0.25, -0.2) is 4.79 Å². The maximum Gasteiger partial charge on any atom is 0.339 e. The third-order valence-corrected chi connectivity index (χ3v) is 1.79. The van der Waals surface area contributed by atoms with Gasteiger partial charge in [0, 0.05) is 0 Å². The molecule has 0 atom stereocenters. The van der Waals surface area contributed by atoms with Crippen LogP contribution in [0.25, 0.3) is 0 Å². The molecule has 1 rings (SSSR count). The lowest BCUT2D eigenvalue weighted by Gasteiger charge is -2.04. The van der Waals surface area contributed by atoms with Crippen molar-refractivity contribution in [3.8, 4) is 5.75 Å². The highest BCUT2D eigenvalue weighted by molar-refractivity contribution is 5.91. The van der Waals surface area contributed by atoms with Crippen LogP contribution >= 0.6 is 0 Å². The van der Waals surface area contributed by atoms with Gasteiger partial charge in [-0.2, -0.15) is 0 Å². The smallest absolute Gasteiger partial charge is 0.339 e. The summed E-state index contributed by atoms with van der Waals surface area (Å²) in [6, 6.07) is 5.59. The largest absolute Gasteiger partial charge is 0.507 e. The van der Waals surface area contributed by atoms with Crippen LogP contribution < -0.4 is 0 Å². The molecule has 0 heterocycles. The third-order valence-electron chi connectivity index (χ3n) is 1.79. The van der Waals surface area contributed by atoms with Gasteiger partial charge >= 0.3 is 5.97 Å². The molecule has 0 saturated carbocycles. The Hall–Kier alpha value is -1.51. The molecule has 0 aliphatic rings. The van der Waals surface area contributed by atoms with Crippen LogP contribution in [0.5, 0.6) is 5.75 Å². The quantitative estimate of drug-likeness (QED) is 0.744. The zero-order valence-electron chi connectivity index (χ0n) is 7.37. The minimum absolute atomic E-state index is 0.0778. The van der Waals surface area contributed by atoms with Gasteiger partial charge in [-0.1, -0.05) is 13.3 Å². The average Bonchev–Trinajstić information content (AvgIpc) is 2.08. The van der Waals surface area contributed by atoms with Crippen LogP contribution in [0.15, 0.2) is 12.1 Å². The van der Waals surface area contributed by atoms with Crippen molar-refractivity contribution in [3.63, 3.8) is 0 Å². The number of benzene rings is 1. The second kappa shape index (κ2) is 3.94. The maximum absolute atomic E-state index is 10.6. The van der Waals surface area contributed by atoms with Gasteiger partial charge in [0.1, 0.15) is 11.3 Å². The van der Waals surface area contributed by atoms with Gasteiger partial charge in [0.05, 0.1) is 0 Å². The fourth-order valence-corrected chi connectivity index (χ4v) is 1.16. The van der Waals surface area contributed by atoms with E-state index in [4.69, 9.17) is 5.11 Å². The molecule has 2 N–H and O–H groups in total. The highest BCUT2D eigenvalue weighted by Crippen LogP contribution is 2.23. The first-order valence-electron chi connectivity index (χ1n) is 4.12. The van der Waals surface area contributed by atoms with Gasteiger partial charge in [-0.15, -0.1) is 0 Å². The lowest BCUT2D eigenvalue weighted by molar-refractivity contribution is 0.0693. The van der Waals surface area contributed by atoms with E-state index in [9.17, 15) is 9.90 Å². The number of aryl methyl sites for hydroxylation is 1. The summed E-state index contributed by atoms with van der Waals surface area (Å²) in [4.78, 5) is 10.6. The normalized spacial score (nSPS) is 9.92. The van der Waals surface area contributed by atoms with E-state index in [1.165, 1.54) is 6.07 Å². The van der Waals surface area contributed by atoms with Crippen molar-refractivity contribution >= 4 is 5.97 Å². The van der Waals surface area contributed by atoms with E-state index in [1.54, 1.807) is 6.07 Å². The first kappa shape index (κ1) is 9.58. The third kappa shape index (κ3) is 1.99. The summed E-state index contributed by atoms with van der Waals surface area (Å²) in [6.45, 7) is 1.97. The molecule has 0 fully saturated rings. The van der Waals surface area contributed by atoms with Gasteiger partial charge in [-0.3, -0.25) is 0 Å². The first-order valence-corrected chi connectivity index (χ1v) is 4.12. The van der Waals surface area contributed by atoms with Crippen molar-refractivity contribution < 1.29 is 15.0 Å². The Bertz CT molecular complexity index is 318. The molecule has 1 aromatic rings. The minimum atomic E-state index is -1.12. The van der Waals surface area contributed by atoms with E-state index in [2.05, 4.69) is 6.07 Å². The van der Waals surface area contributed by atoms with Crippen LogP contribution in [-0.4, -0.2) is 16.2 Å². The van der Waals surface area contributed by atoms with E-state index in [0.717, 1.165) is 6.42 Å². The molecular weight excluding hydrogens is 168 g/mol. The van der Waals surface area contributed by atoms with Crippen molar-refractivity contribution in [1.82, 2.24) is 0 Å². The van der Waals surface area contributed by atoms with Crippen molar-refractivity contribution in [2.45, 2.75) is 19.8 Å². The lowest BCUT2D eigenvalue weighted by Crippen LogP contribution is -1.98. The number of rotatable bonds is 3. The highest BCUT2D eigenvalue weighted by Gasteiger charge is 2.11. The van der Waals surface area contributed by atoms with Crippen LogP contribution in [0.1, 0.15) is 29.3 Å². The summed E-state index contributed by atoms with van der Waals surface area (Å²) in [6.07, 6.45) is 1.54. The Morgan fingerprint density at radius 1 is 1.54 bits per heavy atom. The predicted molar refractivity (Wildman–Crippen MR) is 47.9 cm³/mol. The van der Waals surface area contributed by atoms with Crippen LogP contribution in [-0.2, 0) is 6.42 Å². The van der Waals surface area contributed by atoms with Crippen molar-refractivity contribution in [2.75, 3.05) is 0 Å². The molecule has 0 unspecified atom stereocenters. The monoisotopic (exact) mass is 179 g/mol. The summed E-state index contributed by atoms with van der Waals surface area (Å²) >= 11 is 0. The van der Waals surface area contributed by atoms with Gasteiger partial charge in [0.2, 0.25) is 0 Å². The molecule has 0 bridgehead atoms. The highest BCUT2D eigenvalue weighted by atomic mass is 16.4. The van der Waals surface area contributed by atoms with E-state index >= 15 is 0 Å². The fraction of sp³-hybridized carbons (Fsp3) is 0.300. The molecule has 13 heavy (non-hydrogen) atoms. The van der Waals surface area contributed by atoms with Gasteiger partial charge in [0.15, 0.2) is 0 Å². The molecule has 0 amide bonds. The Balaban J connectivity index is 3.10. The van der Waals surface area contributed by atoms with Gasteiger partial charge in [0.25, 0.3) is 0 Å². The molecule has 0 saturated heterocycles. The molecule has 69 valence electrons. The molecule has 0 aromatic heterocycles. The fourth-order valence-electron chi connectivity index (χ4n) is 1.16. The maximum atomic E-state index is 10.6. The second-order valence-corrected chi connectivity index (χ2v) is 2.80. The number of phenols is 1. The van der Waals surface area contributed by atoms with Crippen molar-refractivity contribution in [2.24, 2.45) is 0 Å². The topological polar surface area (TPSA) is 57.5 Å². The second-order valence-electron chi connectivity index (χ2n) is 2.80. The number of aromatic hydroxyl groups is 1. The van der Waals surface area contributed by atoms with Crippen molar-refractivity contribution in [1.29, 1.82) is 0 Å². The van der Waals surface area contributed by atoms with E-state index in [0.29, 0.717) is 12.0 Å². The SMILES string of the molecule is CCCc1c[c]cc(C(=O)O)c1O. The summed E-state index contributed by atoms with van der Waals surface area (Å²) in [5, 5.41) is 18.2. The number of aromatic carboxylic acids is 1. The first-order chi connectivity index (χ1) is 6.16. The molecule has 1 aromatic carbocycles. The van der Waals surface area contributed by atoms with Gasteiger partial charge < -0.3 is 10.2 Å². The van der Waals surface area contributed by atoms with Crippen LogP contribution in [0.2, 0.25) is 0 Å². The zero-order valence-corrected chi connectivity index (χ0v) is 7.37. The Morgan fingerprint density at radius 2 is 2.23 bits per heavy atom. The van der Waals surface area contributed by atoms with E-state index in [-0.39, 0.29) is 11.3 Å². The molecule has 3 heteroatoms. The molecule has 1 radical (unpaired) electrons. The number of carboxylic acids is 1. The van der Waals surface area contributed by atoms with E-state index < -0.39 is 5.97 Å². The summed E-state index contributed by atoms with van der Waals surface area (Å²) in [5.74, 6) is -1.25. The summed E-state index contributed by atoms with van der Waals surface area (Å²) < 4.78 is 0. The van der Waals surface area contributed by atoms with Gasteiger partial charge in [-0.05, 0) is 30.2 Å². The van der Waals surface area contributed by atoms with Crippen molar-refractivity contribution in [3.05, 3.63) is 29.3 Å². The molecular formula is C10H11O3. The minimum Gasteiger partial charge on any atom is -0.507 e. The summed E-state index contributed by atoms with van der Waals surface area (Å²) in [5.41, 5.74) is 0.563. The predicted octanol–water partition coefficient (Wildman–Crippen LogP) is 1.84. The van der Waals surface area contributed by atoms with Crippen LogP contribution in [0.3, 0.4) is 0 Å². The molecule has 3 nitrogen and oxygen atoms in total. The standard InChI is InChI=1S/C10H11O3/c1-2-4-7-5-3-6-8(9(7)11)10(12)13/h5-6,11H,2,4H2,1H3,(H,12,13). The molecule has 0 spiro atoms. The van der Waals surface area contributed by atoms with Crippen LogP contribution in [0, 0.1) is 6.07 Å². The number of hydrogen-bond donors (Lipinski definition) is 2. The lowest BCUT2D eigenvalue weighted by atomic mass is 10.1. The van der Waals surface area contributed by atoms with E-state index in [1.807, 2.05) is 6.92 Å². The average molecular weight is 179 g/mol. The Kier molecular flexibility index (Phi) is 2.90. The summed E-state index contributed by atoms with van der Waals surface area (Å²) in [7, 11) is 0. The number of carboxylic acid groups (broad SMARTS) is 1. The molecule has 0 aliphatic heterocycles. The Morgan fingerprint density at radius 3 is 2.77 bits per heavy atom. The van der Waals surface area contributed by atoms with Crippen LogP contribution in [0.4, 0.5) is 0 Å².